The van der Waals surface area contributed by atoms with Crippen molar-refractivity contribution in [2.75, 3.05) is 6.61 Å². The molecule has 0 aliphatic rings. The number of ether oxygens (including phenoxy) is 1. The van der Waals surface area contributed by atoms with Crippen LogP contribution in [0, 0.1) is 17.8 Å². The lowest BCUT2D eigenvalue weighted by Crippen LogP contribution is -2.11. The zero-order valence-electron chi connectivity index (χ0n) is 12.3. The molecule has 20 heavy (non-hydrogen) atoms. The van der Waals surface area contributed by atoms with Gasteiger partial charge in [-0.15, -0.1) is 12.3 Å². The van der Waals surface area contributed by atoms with Gasteiger partial charge in [0.25, 0.3) is 0 Å². The second-order valence-corrected chi connectivity index (χ2v) is 5.32. The van der Waals surface area contributed by atoms with E-state index in [2.05, 4.69) is 24.8 Å². The summed E-state index contributed by atoms with van der Waals surface area (Å²) >= 11 is 0. The molecule has 0 saturated carbocycles. The molecule has 0 aromatic carbocycles. The molecular formula is C17H21NO2. The normalized spacial score (nSPS) is 11.8. The topological polar surface area (TPSA) is 39.2 Å². The van der Waals surface area contributed by atoms with Crippen LogP contribution in [0.2, 0.25) is 0 Å². The van der Waals surface area contributed by atoms with Gasteiger partial charge in [-0.3, -0.25) is 4.98 Å². The third kappa shape index (κ3) is 4.89. The van der Waals surface area contributed by atoms with E-state index in [0.29, 0.717) is 25.0 Å². The smallest absolute Gasteiger partial charge is 0.338 e. The summed E-state index contributed by atoms with van der Waals surface area (Å²) in [6.07, 6.45) is 12.0. The van der Waals surface area contributed by atoms with Crippen LogP contribution in [0.1, 0.15) is 39.2 Å². The predicted octanol–water partition coefficient (Wildman–Crippen LogP) is 3.47. The first-order chi connectivity index (χ1) is 9.50. The molecule has 0 aliphatic carbocycles. The average molecular weight is 271 g/mol. The first-order valence-corrected chi connectivity index (χ1v) is 6.71. The summed E-state index contributed by atoms with van der Waals surface area (Å²) in [5, 5.41) is 0. The molecule has 0 amide bonds. The van der Waals surface area contributed by atoms with Crippen molar-refractivity contribution in [1.82, 2.24) is 4.98 Å². The molecule has 1 aromatic rings. The van der Waals surface area contributed by atoms with Crippen molar-refractivity contribution in [3.63, 3.8) is 0 Å². The van der Waals surface area contributed by atoms with E-state index in [-0.39, 0.29) is 11.4 Å². The minimum atomic E-state index is -0.310. The predicted molar refractivity (Wildman–Crippen MR) is 80.7 cm³/mol. The molecule has 0 saturated heterocycles. The van der Waals surface area contributed by atoms with Crippen molar-refractivity contribution in [2.24, 2.45) is 5.41 Å². The average Bonchev–Trinajstić information content (AvgIpc) is 2.40. The molecule has 0 spiro atoms. The highest BCUT2D eigenvalue weighted by Gasteiger charge is 2.18. The Morgan fingerprint density at radius 2 is 2.10 bits per heavy atom. The largest absolute Gasteiger partial charge is 0.462 e. The Balaban J connectivity index is 3.00. The summed E-state index contributed by atoms with van der Waals surface area (Å²) in [6.45, 7) is 6.32. The maximum absolute atomic E-state index is 12.1. The number of carbonyl (C=O) groups excluding carboxylic acids is 1. The summed E-state index contributed by atoms with van der Waals surface area (Å²) in [7, 11) is 0. The molecule has 0 N–H and O–H groups in total. The molecule has 3 heteroatoms. The SMILES string of the molecule is C#CCC(C)(C)C/C=C(/C(=O)OCC)c1ccncc1. The van der Waals surface area contributed by atoms with E-state index in [0.717, 1.165) is 5.56 Å². The lowest BCUT2D eigenvalue weighted by atomic mass is 9.85. The Morgan fingerprint density at radius 3 is 2.65 bits per heavy atom. The van der Waals surface area contributed by atoms with Gasteiger partial charge in [-0.25, -0.2) is 4.79 Å². The molecule has 106 valence electrons. The Bertz CT molecular complexity index is 510. The van der Waals surface area contributed by atoms with Gasteiger partial charge in [0, 0.05) is 18.8 Å². The number of esters is 1. The van der Waals surface area contributed by atoms with Crippen LogP contribution in [0.4, 0.5) is 0 Å². The van der Waals surface area contributed by atoms with Gasteiger partial charge in [-0.05, 0) is 36.5 Å². The third-order valence-corrected chi connectivity index (χ3v) is 2.93. The first kappa shape index (κ1) is 16.0. The molecule has 0 aliphatic heterocycles. The van der Waals surface area contributed by atoms with Crippen LogP contribution in [-0.2, 0) is 9.53 Å². The number of allylic oxidation sites excluding steroid dienone is 1. The lowest BCUT2D eigenvalue weighted by Gasteiger charge is -2.20. The van der Waals surface area contributed by atoms with Crippen molar-refractivity contribution in [1.29, 1.82) is 0 Å². The van der Waals surface area contributed by atoms with E-state index in [1.165, 1.54) is 0 Å². The summed E-state index contributed by atoms with van der Waals surface area (Å²) in [6, 6.07) is 3.61. The van der Waals surface area contributed by atoms with E-state index in [1.54, 1.807) is 31.5 Å². The Labute approximate surface area is 121 Å². The van der Waals surface area contributed by atoms with Gasteiger partial charge in [-0.2, -0.15) is 0 Å². The van der Waals surface area contributed by atoms with Gasteiger partial charge in [0.2, 0.25) is 0 Å². The molecule has 0 fully saturated rings. The molecule has 0 bridgehead atoms. The fraction of sp³-hybridized carbons (Fsp3) is 0.412. The van der Waals surface area contributed by atoms with Crippen LogP contribution >= 0.6 is 0 Å². The summed E-state index contributed by atoms with van der Waals surface area (Å²) in [5.74, 6) is 2.36. The molecule has 1 heterocycles. The van der Waals surface area contributed by atoms with Gasteiger partial charge >= 0.3 is 5.97 Å². The molecular weight excluding hydrogens is 250 g/mol. The van der Waals surface area contributed by atoms with E-state index >= 15 is 0 Å². The first-order valence-electron chi connectivity index (χ1n) is 6.71. The number of carbonyl (C=O) groups is 1. The number of hydrogen-bond acceptors (Lipinski definition) is 3. The number of rotatable bonds is 6. The van der Waals surface area contributed by atoms with Crippen LogP contribution in [0.15, 0.2) is 30.6 Å². The summed E-state index contributed by atoms with van der Waals surface area (Å²) in [5.41, 5.74) is 1.34. The van der Waals surface area contributed by atoms with Crippen molar-refractivity contribution in [3.05, 3.63) is 36.2 Å². The number of nitrogens with zero attached hydrogens (tertiary/aromatic N) is 1. The van der Waals surface area contributed by atoms with Gasteiger partial charge < -0.3 is 4.74 Å². The van der Waals surface area contributed by atoms with Crippen molar-refractivity contribution in [2.45, 2.75) is 33.6 Å². The molecule has 0 radical (unpaired) electrons. The van der Waals surface area contributed by atoms with E-state index in [4.69, 9.17) is 11.2 Å². The van der Waals surface area contributed by atoms with Gasteiger partial charge in [0.15, 0.2) is 0 Å². The number of pyridine rings is 1. The second-order valence-electron chi connectivity index (χ2n) is 5.32. The highest BCUT2D eigenvalue weighted by molar-refractivity contribution is 6.16. The van der Waals surface area contributed by atoms with Crippen LogP contribution < -0.4 is 0 Å². The van der Waals surface area contributed by atoms with Crippen LogP contribution in [0.5, 0.6) is 0 Å². The quantitative estimate of drug-likeness (QED) is 0.452. The fourth-order valence-corrected chi connectivity index (χ4v) is 1.79. The van der Waals surface area contributed by atoms with E-state index in [1.807, 2.05) is 6.08 Å². The second kappa shape index (κ2) is 7.49. The van der Waals surface area contributed by atoms with Crippen LogP contribution in [0.3, 0.4) is 0 Å². The highest BCUT2D eigenvalue weighted by atomic mass is 16.5. The Kier molecular flexibility index (Phi) is 5.99. The molecule has 0 atom stereocenters. The van der Waals surface area contributed by atoms with Crippen molar-refractivity contribution in [3.8, 4) is 12.3 Å². The molecule has 1 aromatic heterocycles. The van der Waals surface area contributed by atoms with Crippen LogP contribution in [0.25, 0.3) is 5.57 Å². The number of hydrogen-bond donors (Lipinski definition) is 0. The van der Waals surface area contributed by atoms with Crippen molar-refractivity contribution >= 4 is 11.5 Å². The maximum Gasteiger partial charge on any atom is 0.338 e. The Morgan fingerprint density at radius 1 is 1.45 bits per heavy atom. The zero-order chi connectivity index (χ0) is 15.0. The van der Waals surface area contributed by atoms with Crippen molar-refractivity contribution < 1.29 is 9.53 Å². The number of aromatic nitrogens is 1. The van der Waals surface area contributed by atoms with E-state index in [9.17, 15) is 4.79 Å². The van der Waals surface area contributed by atoms with E-state index < -0.39 is 0 Å². The highest BCUT2D eigenvalue weighted by Crippen LogP contribution is 2.27. The number of terminal acetylenes is 1. The zero-order valence-corrected chi connectivity index (χ0v) is 12.3. The van der Waals surface area contributed by atoms with Crippen LogP contribution in [-0.4, -0.2) is 17.6 Å². The monoisotopic (exact) mass is 271 g/mol. The minimum Gasteiger partial charge on any atom is -0.462 e. The molecule has 0 unspecified atom stereocenters. The summed E-state index contributed by atoms with van der Waals surface area (Å²) in [4.78, 5) is 16.0. The fourth-order valence-electron chi connectivity index (χ4n) is 1.79. The Hall–Kier alpha value is -2.08. The minimum absolute atomic E-state index is 0.0421. The molecule has 1 rings (SSSR count). The van der Waals surface area contributed by atoms with Gasteiger partial charge in [0.05, 0.1) is 12.2 Å². The molecule has 3 nitrogen and oxygen atoms in total. The standard InChI is InChI=1S/C17H21NO2/c1-5-10-17(3,4)11-7-15(16(19)20-6-2)14-8-12-18-13-9-14/h1,7-9,12-13H,6,10-11H2,2-4H3/b15-7+. The summed E-state index contributed by atoms with van der Waals surface area (Å²) < 4.78 is 5.12. The third-order valence-electron chi connectivity index (χ3n) is 2.93. The van der Waals surface area contributed by atoms with Gasteiger partial charge in [-0.1, -0.05) is 19.9 Å². The van der Waals surface area contributed by atoms with Gasteiger partial charge in [0.1, 0.15) is 0 Å². The lowest BCUT2D eigenvalue weighted by molar-refractivity contribution is -0.136. The maximum atomic E-state index is 12.1.